The van der Waals surface area contributed by atoms with E-state index in [1.165, 1.54) is 12.2 Å². The molecule has 0 saturated heterocycles. The summed E-state index contributed by atoms with van der Waals surface area (Å²) >= 11 is 0. The Kier molecular flexibility index (Phi) is 17.4. The summed E-state index contributed by atoms with van der Waals surface area (Å²) in [5.41, 5.74) is 12.0. The molecule has 0 fully saturated rings. The van der Waals surface area contributed by atoms with Crippen LogP contribution in [0.25, 0.3) is 0 Å². The maximum absolute atomic E-state index is 13.4. The number of ether oxygens (including phenoxy) is 1. The van der Waals surface area contributed by atoms with Crippen LogP contribution in [-0.2, 0) is 40.1 Å². The Balaban J connectivity index is 1.99. The predicted octanol–water partition coefficient (Wildman–Crippen LogP) is 1.36. The molecule has 0 aliphatic carbocycles. The van der Waals surface area contributed by atoms with Crippen LogP contribution in [0.3, 0.4) is 0 Å². The number of carbonyl (C=O) groups excluding carboxylic acids is 7. The van der Waals surface area contributed by atoms with Gasteiger partial charge in [0.05, 0.1) is 5.92 Å². The fourth-order valence-electron chi connectivity index (χ4n) is 4.71. The minimum absolute atomic E-state index is 0.0897. The first-order chi connectivity index (χ1) is 22.9. The Bertz CT molecular complexity index is 1280. The molecule has 1 aliphatic rings. The van der Waals surface area contributed by atoms with Crippen molar-refractivity contribution in [3.8, 4) is 0 Å². The molecule has 1 heterocycles. The average molecular weight is 672 g/mol. The minimum atomic E-state index is -1.00. The van der Waals surface area contributed by atoms with E-state index in [9.17, 15) is 33.6 Å². The second kappa shape index (κ2) is 21.2. The van der Waals surface area contributed by atoms with Crippen LogP contribution in [0, 0.1) is 5.92 Å². The highest BCUT2D eigenvalue weighted by molar-refractivity contribution is 6.12. The molecule has 0 saturated carbocycles. The number of amides is 7. The third-order valence-electron chi connectivity index (χ3n) is 7.46. The van der Waals surface area contributed by atoms with E-state index < -0.39 is 29.9 Å². The van der Waals surface area contributed by atoms with Crippen LogP contribution in [0.5, 0.6) is 0 Å². The zero-order valence-corrected chi connectivity index (χ0v) is 27.8. The van der Waals surface area contributed by atoms with E-state index in [1.54, 1.807) is 38.1 Å². The molecule has 8 N–H and O–H groups in total. The Labute approximate surface area is 280 Å². The molecule has 15 nitrogen and oxygen atoms in total. The second-order valence-electron chi connectivity index (χ2n) is 11.8. The molecule has 2 atom stereocenters. The lowest BCUT2D eigenvalue weighted by molar-refractivity contribution is -0.148. The average Bonchev–Trinajstić information content (AvgIpc) is 3.37. The molecule has 0 spiro atoms. The fourth-order valence-corrected chi connectivity index (χ4v) is 4.71. The highest BCUT2D eigenvalue weighted by Crippen LogP contribution is 2.14. The van der Waals surface area contributed by atoms with Crippen molar-refractivity contribution in [2.24, 2.45) is 17.4 Å². The fraction of sp³-hybridized carbons (Fsp3) is 0.545. The number of imide groups is 1. The molecule has 48 heavy (non-hydrogen) atoms. The molecule has 0 bridgehead atoms. The first kappa shape index (κ1) is 39.4. The summed E-state index contributed by atoms with van der Waals surface area (Å²) in [6, 6.07) is 4.09. The number of urea groups is 1. The van der Waals surface area contributed by atoms with E-state index in [2.05, 4.69) is 21.3 Å². The number of rotatable bonds is 22. The second-order valence-corrected chi connectivity index (χ2v) is 11.8. The highest BCUT2D eigenvalue weighted by atomic mass is 16.5. The van der Waals surface area contributed by atoms with Gasteiger partial charge in [0.2, 0.25) is 17.7 Å². The van der Waals surface area contributed by atoms with Crippen LogP contribution < -0.4 is 32.7 Å². The van der Waals surface area contributed by atoms with Gasteiger partial charge in [0.15, 0.2) is 0 Å². The van der Waals surface area contributed by atoms with Gasteiger partial charge in [-0.2, -0.15) is 0 Å². The topological polar surface area (TPSA) is 232 Å². The van der Waals surface area contributed by atoms with Crippen molar-refractivity contribution in [3.05, 3.63) is 42.0 Å². The Morgan fingerprint density at radius 1 is 0.812 bits per heavy atom. The van der Waals surface area contributed by atoms with E-state index >= 15 is 0 Å². The number of benzene rings is 1. The van der Waals surface area contributed by atoms with Crippen LogP contribution in [0.15, 0.2) is 36.4 Å². The van der Waals surface area contributed by atoms with Gasteiger partial charge in [-0.3, -0.25) is 33.7 Å². The summed E-state index contributed by atoms with van der Waals surface area (Å²) in [6.45, 7) is 4.44. The lowest BCUT2D eigenvalue weighted by Gasteiger charge is -2.23. The Morgan fingerprint density at radius 2 is 1.46 bits per heavy atom. The van der Waals surface area contributed by atoms with E-state index in [0.29, 0.717) is 57.2 Å². The molecule has 0 aromatic heterocycles. The minimum Gasteiger partial charge on any atom is -0.461 e. The van der Waals surface area contributed by atoms with Crippen molar-refractivity contribution in [1.29, 1.82) is 0 Å². The molecule has 15 heteroatoms. The van der Waals surface area contributed by atoms with E-state index in [-0.39, 0.29) is 62.1 Å². The number of unbranched alkanes of at least 4 members (excludes halogenated alkanes) is 3. The molecule has 264 valence electrons. The monoisotopic (exact) mass is 671 g/mol. The van der Waals surface area contributed by atoms with Gasteiger partial charge in [0.25, 0.3) is 11.8 Å². The summed E-state index contributed by atoms with van der Waals surface area (Å²) in [5.74, 6) is -2.65. The number of nitrogens with one attached hydrogen (secondary N) is 4. The first-order valence-corrected chi connectivity index (χ1v) is 16.3. The summed E-state index contributed by atoms with van der Waals surface area (Å²) < 4.78 is 5.23. The third kappa shape index (κ3) is 14.8. The van der Waals surface area contributed by atoms with Crippen molar-refractivity contribution in [2.45, 2.75) is 90.3 Å². The van der Waals surface area contributed by atoms with E-state index in [0.717, 1.165) is 10.5 Å². The summed E-state index contributed by atoms with van der Waals surface area (Å²) in [4.78, 5) is 86.9. The first-order valence-electron chi connectivity index (χ1n) is 16.3. The van der Waals surface area contributed by atoms with Gasteiger partial charge in [0, 0.05) is 37.3 Å². The predicted molar refractivity (Wildman–Crippen MR) is 178 cm³/mol. The van der Waals surface area contributed by atoms with Crippen molar-refractivity contribution < 1.29 is 38.3 Å². The van der Waals surface area contributed by atoms with Crippen molar-refractivity contribution >= 4 is 47.2 Å². The zero-order chi connectivity index (χ0) is 35.5. The number of esters is 1. The van der Waals surface area contributed by atoms with Gasteiger partial charge in [-0.15, -0.1) is 0 Å². The maximum atomic E-state index is 13.4. The number of nitrogens with zero attached hydrogens (tertiary/aromatic N) is 1. The molecule has 1 aromatic rings. The van der Waals surface area contributed by atoms with E-state index in [4.69, 9.17) is 16.2 Å². The number of anilines is 1. The van der Waals surface area contributed by atoms with Gasteiger partial charge in [0.1, 0.15) is 18.7 Å². The Hall–Kier alpha value is -4.79. The van der Waals surface area contributed by atoms with Crippen LogP contribution in [-0.4, -0.2) is 78.2 Å². The van der Waals surface area contributed by atoms with Crippen LogP contribution in [0.2, 0.25) is 0 Å². The smallest absolute Gasteiger partial charge is 0.312 e. The van der Waals surface area contributed by atoms with Gasteiger partial charge >= 0.3 is 12.0 Å². The Morgan fingerprint density at radius 3 is 2.08 bits per heavy atom. The largest absolute Gasteiger partial charge is 0.461 e. The number of hydrogen-bond acceptors (Lipinski definition) is 9. The van der Waals surface area contributed by atoms with Crippen molar-refractivity contribution in [2.75, 3.05) is 25.0 Å². The third-order valence-corrected chi connectivity index (χ3v) is 7.46. The van der Waals surface area contributed by atoms with Crippen LogP contribution >= 0.6 is 0 Å². The van der Waals surface area contributed by atoms with Gasteiger partial charge in [-0.25, -0.2) is 4.79 Å². The number of carbonyl (C=O) groups is 7. The van der Waals surface area contributed by atoms with Crippen molar-refractivity contribution in [1.82, 2.24) is 20.9 Å². The highest BCUT2D eigenvalue weighted by Gasteiger charge is 2.27. The summed E-state index contributed by atoms with van der Waals surface area (Å²) in [5, 5.41) is 10.8. The maximum Gasteiger partial charge on any atom is 0.312 e. The molecule has 2 rings (SSSR count). The quantitative estimate of drug-likeness (QED) is 0.0593. The standard InChI is InChI=1S/C33H49N7O8/c1-22(2)32(46)48-21-23-12-14-24(15-13-23)37-30(44)26(10-8-19-36-33(35)47)39-31(45)25(9-5-6-18-34)38-27(41)11-4-3-7-20-40-28(42)16-17-29(40)43/h12-17,22,25-26H,3-11,18-21,34H2,1-2H3,(H,37,44)(H,38,41)(H,39,45)(H3,35,36,47)/t25-,26?/m0/s1. The molecular weight excluding hydrogens is 622 g/mol. The van der Waals surface area contributed by atoms with Crippen molar-refractivity contribution in [3.63, 3.8) is 0 Å². The van der Waals surface area contributed by atoms with Crippen LogP contribution in [0.4, 0.5) is 10.5 Å². The number of primary amides is 1. The summed E-state index contributed by atoms with van der Waals surface area (Å²) in [6.07, 6.45) is 6.23. The number of hydrogen-bond donors (Lipinski definition) is 6. The molecule has 1 unspecified atom stereocenters. The molecule has 0 radical (unpaired) electrons. The van der Waals surface area contributed by atoms with Crippen LogP contribution in [0.1, 0.15) is 77.2 Å². The molecule has 1 aliphatic heterocycles. The van der Waals surface area contributed by atoms with E-state index in [1.807, 2.05) is 0 Å². The molecule has 7 amide bonds. The molecule has 1 aromatic carbocycles. The van der Waals surface area contributed by atoms with Gasteiger partial charge in [-0.1, -0.05) is 32.4 Å². The summed E-state index contributed by atoms with van der Waals surface area (Å²) in [7, 11) is 0. The zero-order valence-electron chi connectivity index (χ0n) is 27.8. The molecular formula is C33H49N7O8. The van der Waals surface area contributed by atoms with Gasteiger partial charge in [-0.05, 0) is 69.2 Å². The SMILES string of the molecule is CC(C)C(=O)OCc1ccc(NC(=O)C(CCCNC(N)=O)NC(=O)[C@H](CCCCN)NC(=O)CCCCCN2C(=O)C=CC2=O)cc1. The lowest BCUT2D eigenvalue weighted by atomic mass is 10.1. The normalized spacial score (nSPS) is 13.6. The number of nitrogens with two attached hydrogens (primary N) is 2. The van der Waals surface area contributed by atoms with Gasteiger partial charge < -0.3 is 37.5 Å². The lowest BCUT2D eigenvalue weighted by Crippen LogP contribution is -2.52.